The first kappa shape index (κ1) is 23.5. The van der Waals surface area contributed by atoms with Gasteiger partial charge in [0, 0.05) is 21.7 Å². The van der Waals surface area contributed by atoms with Gasteiger partial charge in [0.05, 0.1) is 17.1 Å². The molecule has 2 aromatic carbocycles. The third-order valence-electron chi connectivity index (χ3n) is 6.03. The van der Waals surface area contributed by atoms with Crippen molar-refractivity contribution in [1.82, 2.24) is 9.78 Å². The molecule has 180 valence electrons. The Morgan fingerprint density at radius 1 is 0.917 bits per heavy atom. The van der Waals surface area contributed by atoms with Gasteiger partial charge >= 0.3 is 5.91 Å². The third-order valence-corrected chi connectivity index (χ3v) is 6.26. The molecule has 7 nitrogen and oxygen atoms in total. The number of carbonyl (C=O) groups is 2. The van der Waals surface area contributed by atoms with Gasteiger partial charge in [-0.2, -0.15) is 9.67 Å². The second-order valence-electron chi connectivity index (χ2n) is 8.67. The zero-order chi connectivity index (χ0) is 25.6. The van der Waals surface area contributed by atoms with Crippen LogP contribution < -0.4 is 14.6 Å². The number of imide groups is 1. The van der Waals surface area contributed by atoms with E-state index in [9.17, 15) is 14.7 Å². The van der Waals surface area contributed by atoms with E-state index in [-0.39, 0.29) is 16.8 Å². The van der Waals surface area contributed by atoms with Crippen molar-refractivity contribution >= 4 is 40.4 Å². The molecule has 2 amide bonds. The van der Waals surface area contributed by atoms with Crippen LogP contribution >= 0.6 is 11.6 Å². The van der Waals surface area contributed by atoms with Crippen molar-refractivity contribution in [1.29, 1.82) is 0 Å². The van der Waals surface area contributed by atoms with Crippen LogP contribution in [-0.2, 0) is 16.0 Å². The van der Waals surface area contributed by atoms with Crippen molar-refractivity contribution < 1.29 is 19.3 Å². The van der Waals surface area contributed by atoms with Crippen molar-refractivity contribution in [2.45, 2.75) is 27.2 Å². The van der Waals surface area contributed by atoms with Gasteiger partial charge in [-0.1, -0.05) is 42.8 Å². The number of nitrogens with zero attached hydrogens (tertiary/aromatic N) is 4. The van der Waals surface area contributed by atoms with Gasteiger partial charge in [0.2, 0.25) is 0 Å². The molecule has 4 aromatic rings. The molecule has 8 heteroatoms. The average molecular weight is 499 g/mol. The molecule has 0 spiro atoms. The van der Waals surface area contributed by atoms with E-state index in [0.29, 0.717) is 28.5 Å². The normalized spacial score (nSPS) is 13.7. The topological polar surface area (TPSA) is 82.1 Å². The van der Waals surface area contributed by atoms with Crippen LogP contribution in [0.1, 0.15) is 29.3 Å². The first-order valence-corrected chi connectivity index (χ1v) is 11.9. The minimum absolute atomic E-state index is 0.0361. The Labute approximate surface area is 213 Å². The zero-order valence-electron chi connectivity index (χ0n) is 20.0. The van der Waals surface area contributed by atoms with Gasteiger partial charge < -0.3 is 5.11 Å². The standard InChI is InChI=1S/C28H23ClN4O3/c1-4-22-23(27(35)33(30-22)21-12-8-9-19(29)14-21)24-25(31-15-17(2)13-18(3)16-31)28(36)32(26(24)34)20-10-6-5-7-11-20/h5-16H,4H2,1-3H3. The second-order valence-corrected chi connectivity index (χ2v) is 9.11. The second kappa shape index (κ2) is 9.09. The Hall–Kier alpha value is -4.23. The molecular weight excluding hydrogens is 476 g/mol. The highest BCUT2D eigenvalue weighted by Crippen LogP contribution is 2.39. The van der Waals surface area contributed by atoms with Crippen molar-refractivity contribution in [2.24, 2.45) is 0 Å². The summed E-state index contributed by atoms with van der Waals surface area (Å²) in [4.78, 5) is 28.9. The van der Waals surface area contributed by atoms with Gasteiger partial charge in [-0.15, -0.1) is 0 Å². The summed E-state index contributed by atoms with van der Waals surface area (Å²) in [5.74, 6) is -1.55. The summed E-state index contributed by atoms with van der Waals surface area (Å²) in [6.45, 7) is 5.68. The monoisotopic (exact) mass is 498 g/mol. The van der Waals surface area contributed by atoms with Crippen molar-refractivity contribution in [2.75, 3.05) is 4.90 Å². The summed E-state index contributed by atoms with van der Waals surface area (Å²) in [6, 6.07) is 17.4. The SMILES string of the molecule is CCc1nn(-c2cccc(Cl)c2)c([O-])c1C1=C([n+]2cc(C)cc(C)c2)C(=O)N(c2ccccc2)C1=O. The zero-order valence-corrected chi connectivity index (χ0v) is 20.8. The number of hydrogen-bond donors (Lipinski definition) is 0. The molecule has 0 fully saturated rings. The molecule has 1 aliphatic heterocycles. The molecule has 1 aliphatic rings. The van der Waals surface area contributed by atoms with E-state index in [1.165, 1.54) is 4.68 Å². The van der Waals surface area contributed by atoms with Crippen LogP contribution in [0.15, 0.2) is 73.1 Å². The lowest BCUT2D eigenvalue weighted by atomic mass is 10.0. The highest BCUT2D eigenvalue weighted by Gasteiger charge is 2.47. The smallest absolute Gasteiger partial charge is 0.331 e. The van der Waals surface area contributed by atoms with E-state index in [4.69, 9.17) is 11.6 Å². The molecule has 3 heterocycles. The van der Waals surface area contributed by atoms with Crippen molar-refractivity contribution in [3.05, 3.63) is 100 Å². The maximum Gasteiger partial charge on any atom is 0.331 e. The van der Waals surface area contributed by atoms with Crippen LogP contribution in [0.3, 0.4) is 0 Å². The predicted octanol–water partition coefficient (Wildman–Crippen LogP) is 4.01. The number of benzene rings is 2. The van der Waals surface area contributed by atoms with Gasteiger partial charge in [-0.25, -0.2) is 9.58 Å². The van der Waals surface area contributed by atoms with Crippen LogP contribution in [0.4, 0.5) is 5.69 Å². The van der Waals surface area contributed by atoms with Crippen molar-refractivity contribution in [3.63, 3.8) is 0 Å². The van der Waals surface area contributed by atoms with Crippen molar-refractivity contribution in [3.8, 4) is 11.6 Å². The third kappa shape index (κ3) is 3.87. The molecular formula is C28H23ClN4O3. The average Bonchev–Trinajstić information content (AvgIpc) is 3.31. The quantitative estimate of drug-likeness (QED) is 0.307. The molecule has 0 bridgehead atoms. The van der Waals surface area contributed by atoms with E-state index in [1.54, 1.807) is 65.5 Å². The fourth-order valence-electron chi connectivity index (χ4n) is 4.56. The number of aromatic nitrogens is 3. The lowest BCUT2D eigenvalue weighted by Crippen LogP contribution is -2.40. The summed E-state index contributed by atoms with van der Waals surface area (Å²) >= 11 is 6.16. The fourth-order valence-corrected chi connectivity index (χ4v) is 4.74. The number of carbonyl (C=O) groups excluding carboxylic acids is 2. The van der Waals surface area contributed by atoms with Crippen LogP contribution in [0.5, 0.6) is 5.88 Å². The van der Waals surface area contributed by atoms with E-state index >= 15 is 0 Å². The molecule has 0 radical (unpaired) electrons. The molecule has 0 saturated carbocycles. The Kier molecular flexibility index (Phi) is 5.94. The Balaban J connectivity index is 1.80. The highest BCUT2D eigenvalue weighted by molar-refractivity contribution is 6.53. The largest absolute Gasteiger partial charge is 0.858 e. The van der Waals surface area contributed by atoms with Crippen LogP contribution in [0, 0.1) is 13.8 Å². The number of amides is 2. The minimum Gasteiger partial charge on any atom is -0.858 e. The van der Waals surface area contributed by atoms with Gasteiger partial charge in [0.15, 0.2) is 12.4 Å². The molecule has 2 aromatic heterocycles. The van der Waals surface area contributed by atoms with Crippen LogP contribution in [0.2, 0.25) is 5.02 Å². The Morgan fingerprint density at radius 3 is 2.22 bits per heavy atom. The van der Waals surface area contributed by atoms with Crippen LogP contribution in [0.25, 0.3) is 17.0 Å². The number of para-hydroxylation sites is 1. The number of rotatable bonds is 5. The maximum absolute atomic E-state index is 13.9. The predicted molar refractivity (Wildman–Crippen MR) is 136 cm³/mol. The number of pyridine rings is 1. The van der Waals surface area contributed by atoms with E-state index in [1.807, 2.05) is 32.9 Å². The highest BCUT2D eigenvalue weighted by atomic mass is 35.5. The number of hydrogen-bond acceptors (Lipinski definition) is 4. The fraction of sp³-hybridized carbons (Fsp3) is 0.143. The molecule has 5 rings (SSSR count). The van der Waals surface area contributed by atoms with E-state index in [0.717, 1.165) is 16.0 Å². The van der Waals surface area contributed by atoms with Gasteiger partial charge in [0.1, 0.15) is 5.57 Å². The molecule has 0 unspecified atom stereocenters. The summed E-state index contributed by atoms with van der Waals surface area (Å²) in [5, 5.41) is 18.8. The number of aryl methyl sites for hydroxylation is 3. The molecule has 0 N–H and O–H groups in total. The Morgan fingerprint density at radius 2 is 1.58 bits per heavy atom. The van der Waals surface area contributed by atoms with Gasteiger partial charge in [0.25, 0.3) is 11.6 Å². The lowest BCUT2D eigenvalue weighted by Gasteiger charge is -2.15. The number of anilines is 1. The van der Waals surface area contributed by atoms with Gasteiger partial charge in [-0.05, 0) is 62.5 Å². The molecule has 0 aliphatic carbocycles. The summed E-state index contributed by atoms with van der Waals surface area (Å²) in [5.41, 5.74) is 3.43. The summed E-state index contributed by atoms with van der Waals surface area (Å²) < 4.78 is 2.87. The number of halogens is 1. The first-order valence-electron chi connectivity index (χ1n) is 11.5. The van der Waals surface area contributed by atoms with E-state index < -0.39 is 17.7 Å². The lowest BCUT2D eigenvalue weighted by molar-refractivity contribution is -0.577. The molecule has 0 atom stereocenters. The molecule has 36 heavy (non-hydrogen) atoms. The van der Waals surface area contributed by atoms with Crippen LogP contribution in [-0.4, -0.2) is 21.6 Å². The summed E-state index contributed by atoms with van der Waals surface area (Å²) in [7, 11) is 0. The maximum atomic E-state index is 13.9. The minimum atomic E-state index is -0.565. The van der Waals surface area contributed by atoms with E-state index in [2.05, 4.69) is 5.10 Å². The molecule has 0 saturated heterocycles. The Bertz CT molecular complexity index is 1540. The first-order chi connectivity index (χ1) is 17.3. The summed E-state index contributed by atoms with van der Waals surface area (Å²) in [6.07, 6.45) is 3.94. The van der Waals surface area contributed by atoms with Gasteiger partial charge in [-0.3, -0.25) is 9.59 Å².